The zero-order valence-electron chi connectivity index (χ0n) is 8.98. The van der Waals surface area contributed by atoms with Crippen molar-refractivity contribution in [1.82, 2.24) is 0 Å². The van der Waals surface area contributed by atoms with Crippen molar-refractivity contribution >= 4 is 34.5 Å². The van der Waals surface area contributed by atoms with Gasteiger partial charge >= 0.3 is 0 Å². The third kappa shape index (κ3) is 2.58. The van der Waals surface area contributed by atoms with Crippen molar-refractivity contribution in [1.29, 1.82) is 0 Å². The second-order valence-corrected chi connectivity index (χ2v) is 5.19. The van der Waals surface area contributed by atoms with Gasteiger partial charge < -0.3 is 9.84 Å². The largest absolute Gasteiger partial charge is 0.495 e. The van der Waals surface area contributed by atoms with Gasteiger partial charge in [0.05, 0.1) is 22.0 Å². The van der Waals surface area contributed by atoms with E-state index in [1.165, 1.54) is 11.3 Å². The molecule has 0 radical (unpaired) electrons. The molecule has 0 bridgehead atoms. The maximum atomic E-state index is 10.2. The van der Waals surface area contributed by atoms with Crippen molar-refractivity contribution in [2.75, 3.05) is 7.11 Å². The van der Waals surface area contributed by atoms with Gasteiger partial charge in [-0.3, -0.25) is 0 Å². The molecule has 0 aliphatic heterocycles. The van der Waals surface area contributed by atoms with Gasteiger partial charge in [0.15, 0.2) is 0 Å². The summed E-state index contributed by atoms with van der Waals surface area (Å²) in [6, 6.07) is 6.90. The molecule has 0 amide bonds. The molecule has 0 saturated carbocycles. The van der Waals surface area contributed by atoms with E-state index in [1.54, 1.807) is 25.3 Å². The number of methoxy groups -OCH3 is 1. The van der Waals surface area contributed by atoms with Crippen molar-refractivity contribution < 1.29 is 9.84 Å². The lowest BCUT2D eigenvalue weighted by molar-refractivity contribution is 0.219. The predicted octanol–water partition coefficient (Wildman–Crippen LogP) is 4.15. The summed E-state index contributed by atoms with van der Waals surface area (Å²) in [5.74, 6) is 0.675. The number of ether oxygens (including phenoxy) is 1. The molecule has 90 valence electrons. The monoisotopic (exact) mass is 288 g/mol. The minimum atomic E-state index is -0.750. The van der Waals surface area contributed by atoms with E-state index < -0.39 is 6.10 Å². The van der Waals surface area contributed by atoms with Crippen LogP contribution in [0.15, 0.2) is 29.6 Å². The molecular formula is C12H10Cl2O2S. The molecule has 1 atom stereocenters. The van der Waals surface area contributed by atoms with Gasteiger partial charge in [-0.1, -0.05) is 29.3 Å². The fraction of sp³-hybridized carbons (Fsp3) is 0.167. The minimum Gasteiger partial charge on any atom is -0.495 e. The van der Waals surface area contributed by atoms with Crippen LogP contribution in [0.3, 0.4) is 0 Å². The molecule has 1 aromatic heterocycles. The van der Waals surface area contributed by atoms with E-state index in [4.69, 9.17) is 27.9 Å². The lowest BCUT2D eigenvalue weighted by atomic mass is 10.1. The molecule has 2 aromatic rings. The topological polar surface area (TPSA) is 29.5 Å². The molecule has 0 aliphatic rings. The number of aliphatic hydroxyl groups is 1. The third-order valence-electron chi connectivity index (χ3n) is 2.38. The fourth-order valence-corrected chi connectivity index (χ4v) is 2.69. The first-order valence-corrected chi connectivity index (χ1v) is 6.51. The highest BCUT2D eigenvalue weighted by Crippen LogP contribution is 2.36. The first kappa shape index (κ1) is 12.7. The summed E-state index contributed by atoms with van der Waals surface area (Å²) in [6.07, 6.45) is -0.750. The van der Waals surface area contributed by atoms with Crippen LogP contribution >= 0.6 is 34.5 Å². The average molecular weight is 289 g/mol. The molecule has 2 nitrogen and oxygen atoms in total. The van der Waals surface area contributed by atoms with Crippen LogP contribution in [-0.2, 0) is 0 Å². The van der Waals surface area contributed by atoms with Crippen molar-refractivity contribution in [3.63, 3.8) is 0 Å². The number of halogens is 2. The van der Waals surface area contributed by atoms with Gasteiger partial charge in [-0.15, -0.1) is 11.3 Å². The summed E-state index contributed by atoms with van der Waals surface area (Å²) < 4.78 is 5.17. The van der Waals surface area contributed by atoms with Crippen LogP contribution in [0, 0.1) is 0 Å². The van der Waals surface area contributed by atoms with Crippen LogP contribution in [0.25, 0.3) is 0 Å². The lowest BCUT2D eigenvalue weighted by Crippen LogP contribution is -1.99. The van der Waals surface area contributed by atoms with Gasteiger partial charge in [-0.2, -0.15) is 0 Å². The molecular weight excluding hydrogens is 279 g/mol. The van der Waals surface area contributed by atoms with Crippen LogP contribution in [0.5, 0.6) is 5.75 Å². The first-order chi connectivity index (χ1) is 8.13. The van der Waals surface area contributed by atoms with E-state index in [0.29, 0.717) is 21.4 Å². The Morgan fingerprint density at radius 1 is 1.24 bits per heavy atom. The molecule has 0 fully saturated rings. The van der Waals surface area contributed by atoms with Crippen molar-refractivity contribution in [2.24, 2.45) is 0 Å². The summed E-state index contributed by atoms with van der Waals surface area (Å²) in [5, 5.41) is 13.0. The van der Waals surface area contributed by atoms with E-state index in [1.807, 2.05) is 11.4 Å². The van der Waals surface area contributed by atoms with E-state index in [0.717, 1.165) is 4.88 Å². The second-order valence-electron chi connectivity index (χ2n) is 3.43. The van der Waals surface area contributed by atoms with Gasteiger partial charge in [0.2, 0.25) is 0 Å². The summed E-state index contributed by atoms with van der Waals surface area (Å²) in [5.41, 5.74) is 0.695. The molecule has 1 unspecified atom stereocenters. The van der Waals surface area contributed by atoms with Crippen LogP contribution in [0.1, 0.15) is 16.5 Å². The van der Waals surface area contributed by atoms with E-state index in [2.05, 4.69) is 0 Å². The van der Waals surface area contributed by atoms with E-state index >= 15 is 0 Å². The Kier molecular flexibility index (Phi) is 3.94. The van der Waals surface area contributed by atoms with Crippen LogP contribution in [-0.4, -0.2) is 12.2 Å². The molecule has 2 rings (SSSR count). The Bertz CT molecular complexity index is 525. The predicted molar refractivity (Wildman–Crippen MR) is 71.4 cm³/mol. The Hall–Kier alpha value is -0.740. The standard InChI is InChI=1S/C12H10Cl2O2S/c1-16-10-4-5-17-12(10)11(15)7-2-3-8(13)9(14)6-7/h2-6,11,15H,1H3. The summed E-state index contributed by atoms with van der Waals surface area (Å²) >= 11 is 13.2. The molecule has 1 heterocycles. The third-order valence-corrected chi connectivity index (χ3v) is 4.07. The number of hydrogen-bond donors (Lipinski definition) is 1. The highest BCUT2D eigenvalue weighted by Gasteiger charge is 2.17. The molecule has 1 N–H and O–H groups in total. The number of benzene rings is 1. The molecule has 0 spiro atoms. The smallest absolute Gasteiger partial charge is 0.135 e. The number of rotatable bonds is 3. The van der Waals surface area contributed by atoms with Crippen molar-refractivity contribution in [3.05, 3.63) is 50.1 Å². The number of aliphatic hydroxyl groups excluding tert-OH is 1. The quantitative estimate of drug-likeness (QED) is 0.920. The van der Waals surface area contributed by atoms with E-state index in [9.17, 15) is 5.11 Å². The molecule has 1 aromatic carbocycles. The second kappa shape index (κ2) is 5.27. The van der Waals surface area contributed by atoms with Crippen LogP contribution in [0.4, 0.5) is 0 Å². The molecule has 0 saturated heterocycles. The minimum absolute atomic E-state index is 0.429. The van der Waals surface area contributed by atoms with Gasteiger partial charge in [0, 0.05) is 0 Å². The summed E-state index contributed by atoms with van der Waals surface area (Å²) in [6.45, 7) is 0. The zero-order valence-corrected chi connectivity index (χ0v) is 11.3. The van der Waals surface area contributed by atoms with Crippen LogP contribution < -0.4 is 4.74 Å². The molecule has 17 heavy (non-hydrogen) atoms. The van der Waals surface area contributed by atoms with E-state index in [-0.39, 0.29) is 0 Å². The normalized spacial score (nSPS) is 12.5. The van der Waals surface area contributed by atoms with Gasteiger partial charge in [-0.05, 0) is 29.1 Å². The van der Waals surface area contributed by atoms with Gasteiger partial charge in [0.1, 0.15) is 11.9 Å². The number of thiophene rings is 1. The maximum absolute atomic E-state index is 10.2. The maximum Gasteiger partial charge on any atom is 0.135 e. The lowest BCUT2D eigenvalue weighted by Gasteiger charge is -2.12. The summed E-state index contributed by atoms with van der Waals surface area (Å²) in [7, 11) is 1.58. The Morgan fingerprint density at radius 3 is 2.65 bits per heavy atom. The Balaban J connectivity index is 2.36. The van der Waals surface area contributed by atoms with Gasteiger partial charge in [0.25, 0.3) is 0 Å². The highest BCUT2D eigenvalue weighted by molar-refractivity contribution is 7.10. The first-order valence-electron chi connectivity index (χ1n) is 4.88. The SMILES string of the molecule is COc1ccsc1C(O)c1ccc(Cl)c(Cl)c1. The molecule has 5 heteroatoms. The Morgan fingerprint density at radius 2 is 2.00 bits per heavy atom. The van der Waals surface area contributed by atoms with Crippen molar-refractivity contribution in [2.45, 2.75) is 6.10 Å². The highest BCUT2D eigenvalue weighted by atomic mass is 35.5. The average Bonchev–Trinajstić information content (AvgIpc) is 2.80. The molecule has 0 aliphatic carbocycles. The number of hydrogen-bond acceptors (Lipinski definition) is 3. The van der Waals surface area contributed by atoms with Gasteiger partial charge in [-0.25, -0.2) is 0 Å². The Labute approximate surface area is 113 Å². The van der Waals surface area contributed by atoms with Crippen LogP contribution in [0.2, 0.25) is 10.0 Å². The fourth-order valence-electron chi connectivity index (χ4n) is 1.51. The zero-order chi connectivity index (χ0) is 12.4. The van der Waals surface area contributed by atoms with Crippen molar-refractivity contribution in [3.8, 4) is 5.75 Å². The summed E-state index contributed by atoms with van der Waals surface area (Å²) in [4.78, 5) is 0.755.